The van der Waals surface area contributed by atoms with Crippen molar-refractivity contribution in [2.75, 3.05) is 0 Å². The summed E-state index contributed by atoms with van der Waals surface area (Å²) in [6, 6.07) is 13.9. The lowest BCUT2D eigenvalue weighted by Crippen LogP contribution is -2.41. The van der Waals surface area contributed by atoms with Gasteiger partial charge in [-0.15, -0.1) is 0 Å². The monoisotopic (exact) mass is 512 g/mol. The number of rotatable bonds is 5. The van der Waals surface area contributed by atoms with Crippen molar-refractivity contribution in [1.29, 1.82) is 0 Å². The lowest BCUT2D eigenvalue weighted by atomic mass is 9.68. The normalized spacial score (nSPS) is 20.5. The maximum Gasteiger partial charge on any atom is 0.495 e. The first-order valence-corrected chi connectivity index (χ1v) is 15.0. The van der Waals surface area contributed by atoms with Crippen molar-refractivity contribution in [3.8, 4) is 11.8 Å². The van der Waals surface area contributed by atoms with Crippen molar-refractivity contribution >= 4 is 12.6 Å². The van der Waals surface area contributed by atoms with Gasteiger partial charge in [-0.2, -0.15) is 0 Å². The van der Waals surface area contributed by atoms with E-state index in [-0.39, 0.29) is 29.2 Å². The maximum absolute atomic E-state index is 6.37. The summed E-state index contributed by atoms with van der Waals surface area (Å²) in [5.41, 5.74) is 7.00. The van der Waals surface area contributed by atoms with Gasteiger partial charge in [-0.05, 0) is 102 Å². The lowest BCUT2D eigenvalue weighted by Gasteiger charge is -2.34. The fraction of sp³-hybridized carbons (Fsp3) is 0.600. The second kappa shape index (κ2) is 10.9. The quantitative estimate of drug-likeness (QED) is 0.227. The molecule has 1 saturated heterocycles. The molecule has 4 rings (SSSR count). The summed E-state index contributed by atoms with van der Waals surface area (Å²) < 4.78 is 12.7. The zero-order valence-corrected chi connectivity index (χ0v) is 25.5. The number of benzene rings is 2. The van der Waals surface area contributed by atoms with E-state index in [4.69, 9.17) is 9.31 Å². The van der Waals surface area contributed by atoms with Crippen LogP contribution in [-0.4, -0.2) is 18.3 Å². The molecule has 204 valence electrons. The maximum atomic E-state index is 6.37. The molecule has 0 spiro atoms. The second-order valence-corrected chi connectivity index (χ2v) is 13.2. The average Bonchev–Trinajstić information content (AvgIpc) is 2.98. The summed E-state index contributed by atoms with van der Waals surface area (Å²) in [6.07, 6.45) is 9.89. The van der Waals surface area contributed by atoms with Crippen LogP contribution in [0.2, 0.25) is 0 Å². The fourth-order valence-electron chi connectivity index (χ4n) is 6.39. The standard InChI is InChI=1S/C35H49BO2/c1-10-35(11-2,30-18-19-31(27(4)25-30)36-37-32(5,6)33(7,8)38-36)29-17-16-28(26(3)24-29)20-23-34(9)21-14-12-13-15-22-34/h16-19,24-25H,10-15,21-22H2,1-9H3. The summed E-state index contributed by atoms with van der Waals surface area (Å²) in [4.78, 5) is 0. The molecule has 0 amide bonds. The molecule has 2 aromatic rings. The molecule has 2 fully saturated rings. The van der Waals surface area contributed by atoms with Crippen LogP contribution in [0.15, 0.2) is 36.4 Å². The Morgan fingerprint density at radius 2 is 1.29 bits per heavy atom. The molecule has 2 aromatic carbocycles. The predicted molar refractivity (Wildman–Crippen MR) is 162 cm³/mol. The van der Waals surface area contributed by atoms with Gasteiger partial charge >= 0.3 is 7.12 Å². The van der Waals surface area contributed by atoms with Crippen molar-refractivity contribution in [2.24, 2.45) is 5.41 Å². The van der Waals surface area contributed by atoms with Crippen molar-refractivity contribution in [2.45, 2.75) is 130 Å². The van der Waals surface area contributed by atoms with Crippen LogP contribution in [-0.2, 0) is 14.7 Å². The van der Waals surface area contributed by atoms with Crippen LogP contribution in [0.1, 0.15) is 128 Å². The Bertz CT molecular complexity index is 1180. The second-order valence-electron chi connectivity index (χ2n) is 13.2. The molecule has 2 nitrogen and oxygen atoms in total. The van der Waals surface area contributed by atoms with E-state index >= 15 is 0 Å². The first kappa shape index (κ1) is 29.0. The Balaban J connectivity index is 1.64. The molecule has 1 aliphatic carbocycles. The van der Waals surface area contributed by atoms with Crippen LogP contribution in [0, 0.1) is 31.1 Å². The molecule has 1 aliphatic heterocycles. The van der Waals surface area contributed by atoms with Crippen LogP contribution < -0.4 is 5.46 Å². The Morgan fingerprint density at radius 3 is 1.79 bits per heavy atom. The molecule has 0 atom stereocenters. The van der Waals surface area contributed by atoms with Crippen molar-refractivity contribution in [1.82, 2.24) is 0 Å². The highest BCUT2D eigenvalue weighted by molar-refractivity contribution is 6.62. The van der Waals surface area contributed by atoms with E-state index in [1.807, 2.05) is 0 Å². The molecule has 1 heterocycles. The van der Waals surface area contributed by atoms with E-state index in [0.29, 0.717) is 0 Å². The highest BCUT2D eigenvalue weighted by Gasteiger charge is 2.52. The summed E-state index contributed by atoms with van der Waals surface area (Å²) in [7, 11) is -0.331. The van der Waals surface area contributed by atoms with Crippen LogP contribution in [0.3, 0.4) is 0 Å². The average molecular weight is 513 g/mol. The molecular formula is C35H49BO2. The molecule has 0 unspecified atom stereocenters. The summed E-state index contributed by atoms with van der Waals surface area (Å²) in [5, 5.41) is 0. The van der Waals surface area contributed by atoms with Crippen molar-refractivity contribution < 1.29 is 9.31 Å². The number of aryl methyl sites for hydroxylation is 2. The Morgan fingerprint density at radius 1 is 0.763 bits per heavy atom. The molecule has 0 bridgehead atoms. The summed E-state index contributed by atoms with van der Waals surface area (Å²) in [6.45, 7) is 19.9. The summed E-state index contributed by atoms with van der Waals surface area (Å²) >= 11 is 0. The topological polar surface area (TPSA) is 18.5 Å². The van der Waals surface area contributed by atoms with Crippen LogP contribution in [0.25, 0.3) is 0 Å². The van der Waals surface area contributed by atoms with Gasteiger partial charge in [0.05, 0.1) is 11.2 Å². The van der Waals surface area contributed by atoms with Crippen molar-refractivity contribution in [3.05, 3.63) is 64.2 Å². The molecule has 1 saturated carbocycles. The van der Waals surface area contributed by atoms with Crippen molar-refractivity contribution in [3.63, 3.8) is 0 Å². The number of hydrogen-bond acceptors (Lipinski definition) is 2. The SMILES string of the molecule is CCC(CC)(c1ccc(C#CC2(C)CCCCCC2)c(C)c1)c1ccc(B2OC(C)(C)C(C)(C)O2)c(C)c1. The van der Waals surface area contributed by atoms with Gasteiger partial charge in [-0.25, -0.2) is 0 Å². The Hall–Kier alpha value is -2.02. The fourth-order valence-corrected chi connectivity index (χ4v) is 6.39. The van der Waals surface area contributed by atoms with Gasteiger partial charge in [0.1, 0.15) is 0 Å². The third kappa shape index (κ3) is 5.50. The first-order valence-electron chi connectivity index (χ1n) is 15.0. The van der Waals surface area contributed by atoms with Gasteiger partial charge in [0.15, 0.2) is 0 Å². The van der Waals surface area contributed by atoms with E-state index in [0.717, 1.165) is 18.3 Å². The summed E-state index contributed by atoms with van der Waals surface area (Å²) in [5.74, 6) is 7.28. The molecule has 2 aliphatic rings. The predicted octanol–water partition coefficient (Wildman–Crippen LogP) is 8.42. The van der Waals surface area contributed by atoms with E-state index in [1.165, 1.54) is 66.3 Å². The van der Waals surface area contributed by atoms with Gasteiger partial charge in [0, 0.05) is 16.4 Å². The van der Waals surface area contributed by atoms with E-state index < -0.39 is 0 Å². The molecule has 3 heteroatoms. The van der Waals surface area contributed by atoms with Gasteiger partial charge in [0.25, 0.3) is 0 Å². The number of hydrogen-bond donors (Lipinski definition) is 0. The van der Waals surface area contributed by atoms with E-state index in [9.17, 15) is 0 Å². The third-order valence-electron chi connectivity index (χ3n) is 10.0. The van der Waals surface area contributed by atoms with Crippen LogP contribution >= 0.6 is 0 Å². The largest absolute Gasteiger partial charge is 0.495 e. The molecular weight excluding hydrogens is 463 g/mol. The van der Waals surface area contributed by atoms with Gasteiger partial charge in [-0.1, -0.05) is 87.3 Å². The van der Waals surface area contributed by atoms with Gasteiger partial charge in [-0.3, -0.25) is 0 Å². The minimum Gasteiger partial charge on any atom is -0.399 e. The lowest BCUT2D eigenvalue weighted by molar-refractivity contribution is 0.00578. The minimum atomic E-state index is -0.338. The molecule has 0 radical (unpaired) electrons. The van der Waals surface area contributed by atoms with Gasteiger partial charge < -0.3 is 9.31 Å². The van der Waals surface area contributed by atoms with Crippen LogP contribution in [0.5, 0.6) is 0 Å². The first-order chi connectivity index (χ1) is 17.9. The van der Waals surface area contributed by atoms with Crippen LogP contribution in [0.4, 0.5) is 0 Å². The molecule has 38 heavy (non-hydrogen) atoms. The Labute approximate surface area is 233 Å². The zero-order valence-electron chi connectivity index (χ0n) is 25.5. The highest BCUT2D eigenvalue weighted by atomic mass is 16.7. The smallest absolute Gasteiger partial charge is 0.399 e. The van der Waals surface area contributed by atoms with E-state index in [1.54, 1.807) is 0 Å². The highest BCUT2D eigenvalue weighted by Crippen LogP contribution is 2.41. The third-order valence-corrected chi connectivity index (χ3v) is 10.0. The van der Waals surface area contributed by atoms with E-state index in [2.05, 4.69) is 111 Å². The Kier molecular flexibility index (Phi) is 8.29. The molecule has 0 aromatic heterocycles. The van der Waals surface area contributed by atoms with Gasteiger partial charge in [0.2, 0.25) is 0 Å². The minimum absolute atomic E-state index is 0.0385. The zero-order chi connectivity index (χ0) is 27.8. The molecule has 0 N–H and O–H groups in total.